The van der Waals surface area contributed by atoms with E-state index in [4.69, 9.17) is 46.4 Å². The van der Waals surface area contributed by atoms with Crippen molar-refractivity contribution in [2.75, 3.05) is 0 Å². The van der Waals surface area contributed by atoms with Crippen LogP contribution in [0.3, 0.4) is 0 Å². The Bertz CT molecular complexity index is 872. The van der Waals surface area contributed by atoms with Crippen LogP contribution in [0, 0.1) is 0 Å². The van der Waals surface area contributed by atoms with Gasteiger partial charge in [0.1, 0.15) is 0 Å². The zero-order valence-corrected chi connectivity index (χ0v) is 14.6. The van der Waals surface area contributed by atoms with Gasteiger partial charge in [0.25, 0.3) is 21.0 Å². The van der Waals surface area contributed by atoms with Crippen LogP contribution in [-0.4, -0.2) is 21.0 Å². The minimum Gasteiger partial charge on any atom is -0.276 e. The van der Waals surface area contributed by atoms with E-state index in [9.17, 15) is 19.2 Å². The molecule has 0 spiro atoms. The van der Waals surface area contributed by atoms with Gasteiger partial charge in [-0.3, -0.25) is 19.2 Å². The summed E-state index contributed by atoms with van der Waals surface area (Å²) in [7, 11) is 0. The van der Waals surface area contributed by atoms with Gasteiger partial charge in [-0.25, -0.2) is 0 Å². The van der Waals surface area contributed by atoms with Gasteiger partial charge in [0, 0.05) is 22.3 Å². The smallest absolute Gasteiger partial charge is 0.253 e. The molecule has 0 saturated carbocycles. The summed E-state index contributed by atoms with van der Waals surface area (Å²) in [6, 6.07) is 8.14. The summed E-state index contributed by atoms with van der Waals surface area (Å²) < 4.78 is 0. The zero-order valence-electron chi connectivity index (χ0n) is 11.6. The van der Waals surface area contributed by atoms with Gasteiger partial charge >= 0.3 is 0 Å². The number of halogens is 4. The lowest BCUT2D eigenvalue weighted by Gasteiger charge is -2.13. The molecule has 24 heavy (non-hydrogen) atoms. The quantitative estimate of drug-likeness (QED) is 0.667. The van der Waals surface area contributed by atoms with Crippen molar-refractivity contribution in [3.05, 3.63) is 58.7 Å². The lowest BCUT2D eigenvalue weighted by atomic mass is 9.91. The van der Waals surface area contributed by atoms with Gasteiger partial charge in [-0.2, -0.15) is 0 Å². The molecule has 0 heterocycles. The fourth-order valence-electron chi connectivity index (χ4n) is 2.20. The molecule has 8 heteroatoms. The first-order chi connectivity index (χ1) is 11.2. The van der Waals surface area contributed by atoms with Crippen LogP contribution in [0.5, 0.6) is 0 Å². The Labute approximate surface area is 156 Å². The molecule has 2 rings (SSSR count). The first-order valence-corrected chi connectivity index (χ1v) is 7.82. The largest absolute Gasteiger partial charge is 0.276 e. The Morgan fingerprint density at radius 1 is 0.583 bits per heavy atom. The standard InChI is InChI=1S/C16H6Cl4O4/c17-13(21)8-3-1-7(2-4-8)11-9(14(18)22)5-6-10(15(19)23)12(11)16(20)24/h1-6H. The third-order valence-corrected chi connectivity index (χ3v) is 4.04. The molecular weight excluding hydrogens is 398 g/mol. The van der Waals surface area contributed by atoms with Crippen molar-refractivity contribution in [1.82, 2.24) is 0 Å². The van der Waals surface area contributed by atoms with Crippen molar-refractivity contribution in [2.24, 2.45) is 0 Å². The van der Waals surface area contributed by atoms with E-state index in [2.05, 4.69) is 0 Å². The normalized spacial score (nSPS) is 10.3. The van der Waals surface area contributed by atoms with Crippen LogP contribution in [0.15, 0.2) is 36.4 Å². The second-order valence-electron chi connectivity index (χ2n) is 4.58. The fraction of sp³-hybridized carbons (Fsp3) is 0. The van der Waals surface area contributed by atoms with E-state index in [-0.39, 0.29) is 27.8 Å². The minimum atomic E-state index is -0.980. The molecule has 0 unspecified atom stereocenters. The number of carbonyl (C=O) groups excluding carboxylic acids is 4. The second-order valence-corrected chi connectivity index (χ2v) is 5.96. The van der Waals surface area contributed by atoms with Crippen molar-refractivity contribution in [3.63, 3.8) is 0 Å². The van der Waals surface area contributed by atoms with Gasteiger partial charge in [-0.15, -0.1) is 0 Å². The van der Waals surface area contributed by atoms with E-state index in [1.165, 1.54) is 36.4 Å². The molecule has 0 aromatic heterocycles. The second kappa shape index (κ2) is 7.45. The average molecular weight is 404 g/mol. The number of hydrogen-bond donors (Lipinski definition) is 0. The molecule has 0 fully saturated rings. The van der Waals surface area contributed by atoms with Gasteiger partial charge in [-0.1, -0.05) is 12.1 Å². The summed E-state index contributed by atoms with van der Waals surface area (Å²) in [4.78, 5) is 46.2. The topological polar surface area (TPSA) is 68.3 Å². The van der Waals surface area contributed by atoms with Crippen molar-refractivity contribution in [1.29, 1.82) is 0 Å². The van der Waals surface area contributed by atoms with E-state index >= 15 is 0 Å². The lowest BCUT2D eigenvalue weighted by molar-refractivity contribution is 0.105. The molecule has 4 nitrogen and oxygen atoms in total. The van der Waals surface area contributed by atoms with E-state index in [1.807, 2.05) is 0 Å². The van der Waals surface area contributed by atoms with Gasteiger partial charge in [0.2, 0.25) is 0 Å². The molecule has 0 aliphatic heterocycles. The van der Waals surface area contributed by atoms with E-state index in [1.54, 1.807) is 0 Å². The predicted molar refractivity (Wildman–Crippen MR) is 92.6 cm³/mol. The Kier molecular flexibility index (Phi) is 5.78. The van der Waals surface area contributed by atoms with Crippen LogP contribution in [0.2, 0.25) is 0 Å². The number of hydrogen-bond acceptors (Lipinski definition) is 4. The summed E-state index contributed by atoms with van der Waals surface area (Å²) in [6.45, 7) is 0. The van der Waals surface area contributed by atoms with Gasteiger partial charge in [0.15, 0.2) is 0 Å². The van der Waals surface area contributed by atoms with Crippen LogP contribution < -0.4 is 0 Å². The molecule has 0 aliphatic carbocycles. The Morgan fingerprint density at radius 2 is 1.08 bits per heavy atom. The van der Waals surface area contributed by atoms with E-state index in [0.717, 1.165) is 0 Å². The summed E-state index contributed by atoms with van der Waals surface area (Å²) >= 11 is 22.0. The van der Waals surface area contributed by atoms with Crippen LogP contribution >= 0.6 is 46.4 Å². The molecular formula is C16H6Cl4O4. The number of rotatable bonds is 5. The summed E-state index contributed by atoms with van der Waals surface area (Å²) in [5.41, 5.74) is 0.160. The van der Waals surface area contributed by atoms with Gasteiger partial charge in [-0.05, 0) is 76.2 Å². The molecule has 0 atom stereocenters. The van der Waals surface area contributed by atoms with Crippen molar-refractivity contribution in [2.45, 2.75) is 0 Å². The lowest BCUT2D eigenvalue weighted by Crippen LogP contribution is -2.08. The Morgan fingerprint density at radius 3 is 1.50 bits per heavy atom. The molecule has 0 amide bonds. The molecule has 0 aliphatic rings. The highest BCUT2D eigenvalue weighted by Crippen LogP contribution is 2.33. The van der Waals surface area contributed by atoms with Crippen LogP contribution in [-0.2, 0) is 0 Å². The van der Waals surface area contributed by atoms with Crippen LogP contribution in [0.1, 0.15) is 41.4 Å². The summed E-state index contributed by atoms with van der Waals surface area (Å²) in [6.07, 6.45) is 0. The highest BCUT2D eigenvalue weighted by Gasteiger charge is 2.24. The first kappa shape index (κ1) is 18.6. The maximum absolute atomic E-state index is 11.8. The molecule has 2 aromatic carbocycles. The maximum atomic E-state index is 11.8. The van der Waals surface area contributed by atoms with Crippen LogP contribution in [0.4, 0.5) is 0 Å². The summed E-state index contributed by atoms with van der Waals surface area (Å²) in [5, 5.41) is -3.42. The number of benzene rings is 2. The van der Waals surface area contributed by atoms with Gasteiger partial charge in [0.05, 0.1) is 5.56 Å². The van der Waals surface area contributed by atoms with Crippen molar-refractivity contribution in [3.8, 4) is 11.1 Å². The van der Waals surface area contributed by atoms with Crippen LogP contribution in [0.25, 0.3) is 11.1 Å². The molecule has 0 radical (unpaired) electrons. The summed E-state index contributed by atoms with van der Waals surface area (Å²) in [5.74, 6) is 0. The van der Waals surface area contributed by atoms with E-state index < -0.39 is 21.0 Å². The highest BCUT2D eigenvalue weighted by molar-refractivity contribution is 6.73. The SMILES string of the molecule is O=C(Cl)c1ccc(-c2c(C(=O)Cl)ccc(C(=O)Cl)c2C(=O)Cl)cc1. The van der Waals surface area contributed by atoms with Crippen molar-refractivity contribution < 1.29 is 19.2 Å². The molecule has 122 valence electrons. The third-order valence-electron chi connectivity index (χ3n) is 3.23. The Hall–Kier alpha value is -1.72. The zero-order chi connectivity index (χ0) is 18.0. The van der Waals surface area contributed by atoms with Crippen molar-refractivity contribution >= 4 is 67.4 Å². The molecule has 0 N–H and O–H groups in total. The highest BCUT2D eigenvalue weighted by atomic mass is 35.5. The molecule has 2 aromatic rings. The fourth-order valence-corrected chi connectivity index (χ4v) is 2.84. The van der Waals surface area contributed by atoms with E-state index in [0.29, 0.717) is 5.56 Å². The molecule has 0 saturated heterocycles. The predicted octanol–water partition coefficient (Wildman–Crippen LogP) is 4.87. The number of carbonyl (C=O) groups is 4. The third kappa shape index (κ3) is 3.68. The first-order valence-electron chi connectivity index (χ1n) is 6.30. The monoisotopic (exact) mass is 402 g/mol. The Balaban J connectivity index is 2.84. The van der Waals surface area contributed by atoms with Gasteiger partial charge < -0.3 is 0 Å². The molecule has 0 bridgehead atoms. The average Bonchev–Trinajstić information content (AvgIpc) is 2.53. The maximum Gasteiger partial charge on any atom is 0.253 e. The minimum absolute atomic E-state index is 0.0349.